The first-order valence-electron chi connectivity index (χ1n) is 6.93. The van der Waals surface area contributed by atoms with Gasteiger partial charge in [-0.3, -0.25) is 0 Å². The van der Waals surface area contributed by atoms with Gasteiger partial charge in [0.2, 0.25) is 0 Å². The minimum Gasteiger partial charge on any atom is -0.384 e. The summed E-state index contributed by atoms with van der Waals surface area (Å²) < 4.78 is 0.967. The molecule has 0 spiro atoms. The maximum absolute atomic E-state index is 6.04. The molecule has 102 valence electrons. The van der Waals surface area contributed by atoms with E-state index < -0.39 is 0 Å². The van der Waals surface area contributed by atoms with Crippen molar-refractivity contribution >= 4 is 33.2 Å². The average molecular weight is 333 g/mol. The largest absolute Gasteiger partial charge is 0.384 e. The SMILES string of the molecule is CCCCCCCCCNc1cccc(Cl)c1Br. The summed E-state index contributed by atoms with van der Waals surface area (Å²) in [6, 6.07) is 5.92. The van der Waals surface area contributed by atoms with Crippen molar-refractivity contribution < 1.29 is 0 Å². The standard InChI is InChI=1S/C15H23BrClN/c1-2-3-4-5-6-7-8-12-18-14-11-9-10-13(17)15(14)16/h9-11,18H,2-8,12H2,1H3. The van der Waals surface area contributed by atoms with Crippen LogP contribution in [0.4, 0.5) is 5.69 Å². The number of anilines is 1. The Balaban J connectivity index is 2.09. The normalized spacial score (nSPS) is 10.6. The maximum atomic E-state index is 6.04. The summed E-state index contributed by atoms with van der Waals surface area (Å²) in [7, 11) is 0. The van der Waals surface area contributed by atoms with Crippen molar-refractivity contribution in [2.75, 3.05) is 11.9 Å². The number of benzene rings is 1. The van der Waals surface area contributed by atoms with Gasteiger partial charge in [0.1, 0.15) is 0 Å². The predicted octanol–water partition coefficient (Wildman–Crippen LogP) is 6.27. The highest BCUT2D eigenvalue weighted by Gasteiger charge is 2.02. The van der Waals surface area contributed by atoms with E-state index in [-0.39, 0.29) is 0 Å². The maximum Gasteiger partial charge on any atom is 0.0593 e. The third-order valence-electron chi connectivity index (χ3n) is 3.05. The highest BCUT2D eigenvalue weighted by molar-refractivity contribution is 9.10. The Morgan fingerprint density at radius 2 is 1.72 bits per heavy atom. The molecule has 0 saturated heterocycles. The highest BCUT2D eigenvalue weighted by atomic mass is 79.9. The van der Waals surface area contributed by atoms with Crippen molar-refractivity contribution in [3.63, 3.8) is 0 Å². The molecule has 0 saturated carbocycles. The lowest BCUT2D eigenvalue weighted by Gasteiger charge is -2.09. The molecule has 0 bridgehead atoms. The van der Waals surface area contributed by atoms with Crippen molar-refractivity contribution in [1.82, 2.24) is 0 Å². The van der Waals surface area contributed by atoms with E-state index in [0.29, 0.717) is 0 Å². The highest BCUT2D eigenvalue weighted by Crippen LogP contribution is 2.29. The van der Waals surface area contributed by atoms with E-state index in [1.807, 2.05) is 12.1 Å². The van der Waals surface area contributed by atoms with Gasteiger partial charge < -0.3 is 5.32 Å². The fraction of sp³-hybridized carbons (Fsp3) is 0.600. The van der Waals surface area contributed by atoms with E-state index in [4.69, 9.17) is 11.6 Å². The lowest BCUT2D eigenvalue weighted by Crippen LogP contribution is -2.02. The Hall–Kier alpha value is -0.210. The number of hydrogen-bond acceptors (Lipinski definition) is 1. The van der Waals surface area contributed by atoms with Gasteiger partial charge >= 0.3 is 0 Å². The molecule has 0 aliphatic rings. The third-order valence-corrected chi connectivity index (χ3v) is 4.44. The number of halogens is 2. The van der Waals surface area contributed by atoms with Gasteiger partial charge in [0, 0.05) is 12.2 Å². The summed E-state index contributed by atoms with van der Waals surface area (Å²) in [6.45, 7) is 3.28. The first-order valence-corrected chi connectivity index (χ1v) is 8.10. The summed E-state index contributed by atoms with van der Waals surface area (Å²) in [5, 5.41) is 4.19. The Bertz CT molecular complexity index is 341. The molecule has 3 heteroatoms. The molecule has 0 heterocycles. The summed E-state index contributed by atoms with van der Waals surface area (Å²) in [6.07, 6.45) is 9.38. The minimum absolute atomic E-state index is 0.763. The number of nitrogens with one attached hydrogen (secondary N) is 1. The second kappa shape index (κ2) is 9.69. The molecule has 0 fully saturated rings. The van der Waals surface area contributed by atoms with Gasteiger partial charge in [-0.05, 0) is 34.5 Å². The summed E-state index contributed by atoms with van der Waals surface area (Å²) in [5.41, 5.74) is 1.09. The summed E-state index contributed by atoms with van der Waals surface area (Å²) in [5.74, 6) is 0. The van der Waals surface area contributed by atoms with Crippen LogP contribution < -0.4 is 5.32 Å². The zero-order valence-corrected chi connectivity index (χ0v) is 13.5. The van der Waals surface area contributed by atoms with Gasteiger partial charge in [0.15, 0.2) is 0 Å². The summed E-state index contributed by atoms with van der Waals surface area (Å²) >= 11 is 9.53. The molecule has 0 aliphatic carbocycles. The molecule has 0 aromatic heterocycles. The van der Waals surface area contributed by atoms with Crippen molar-refractivity contribution in [3.05, 3.63) is 27.7 Å². The average Bonchev–Trinajstić information content (AvgIpc) is 2.37. The molecule has 1 aromatic rings. The van der Waals surface area contributed by atoms with Gasteiger partial charge in [-0.1, -0.05) is 63.1 Å². The molecular weight excluding hydrogens is 310 g/mol. The van der Waals surface area contributed by atoms with Crippen molar-refractivity contribution in [2.24, 2.45) is 0 Å². The Labute approximate surface area is 124 Å². The first kappa shape index (κ1) is 15.8. The molecule has 0 atom stereocenters. The molecule has 0 amide bonds. The topological polar surface area (TPSA) is 12.0 Å². The van der Waals surface area contributed by atoms with E-state index in [2.05, 4.69) is 34.2 Å². The van der Waals surface area contributed by atoms with Crippen LogP contribution in [0.2, 0.25) is 5.02 Å². The molecule has 0 radical (unpaired) electrons. The van der Waals surface area contributed by atoms with E-state index in [1.54, 1.807) is 0 Å². The van der Waals surface area contributed by atoms with Crippen LogP contribution in [-0.4, -0.2) is 6.54 Å². The zero-order chi connectivity index (χ0) is 13.2. The predicted molar refractivity (Wildman–Crippen MR) is 85.6 cm³/mol. The number of rotatable bonds is 9. The van der Waals surface area contributed by atoms with E-state index >= 15 is 0 Å². The molecule has 1 aromatic carbocycles. The summed E-state index contributed by atoms with van der Waals surface area (Å²) in [4.78, 5) is 0. The van der Waals surface area contributed by atoms with Gasteiger partial charge in [-0.25, -0.2) is 0 Å². The zero-order valence-electron chi connectivity index (χ0n) is 11.1. The Morgan fingerprint density at radius 3 is 2.44 bits per heavy atom. The molecular formula is C15H23BrClN. The molecule has 1 nitrogen and oxygen atoms in total. The van der Waals surface area contributed by atoms with Crippen LogP contribution in [0.3, 0.4) is 0 Å². The molecule has 18 heavy (non-hydrogen) atoms. The van der Waals surface area contributed by atoms with E-state index in [0.717, 1.165) is 21.7 Å². The fourth-order valence-electron chi connectivity index (χ4n) is 1.95. The van der Waals surface area contributed by atoms with Crippen LogP contribution >= 0.6 is 27.5 Å². The molecule has 1 N–H and O–H groups in total. The van der Waals surface area contributed by atoms with Crippen LogP contribution in [0.25, 0.3) is 0 Å². The number of hydrogen-bond donors (Lipinski definition) is 1. The monoisotopic (exact) mass is 331 g/mol. The van der Waals surface area contributed by atoms with Crippen LogP contribution in [0.5, 0.6) is 0 Å². The van der Waals surface area contributed by atoms with Crippen LogP contribution in [0, 0.1) is 0 Å². The van der Waals surface area contributed by atoms with Crippen molar-refractivity contribution in [1.29, 1.82) is 0 Å². The van der Waals surface area contributed by atoms with Crippen molar-refractivity contribution in [3.8, 4) is 0 Å². The van der Waals surface area contributed by atoms with Gasteiger partial charge in [-0.2, -0.15) is 0 Å². The smallest absolute Gasteiger partial charge is 0.0593 e. The number of unbranched alkanes of at least 4 members (excludes halogenated alkanes) is 6. The second-order valence-corrected chi connectivity index (χ2v) is 5.85. The van der Waals surface area contributed by atoms with Crippen LogP contribution in [0.1, 0.15) is 51.9 Å². The minimum atomic E-state index is 0.763. The second-order valence-electron chi connectivity index (χ2n) is 4.65. The lowest BCUT2D eigenvalue weighted by molar-refractivity contribution is 0.596. The van der Waals surface area contributed by atoms with Gasteiger partial charge in [0.25, 0.3) is 0 Å². The van der Waals surface area contributed by atoms with Crippen LogP contribution in [0.15, 0.2) is 22.7 Å². The van der Waals surface area contributed by atoms with E-state index in [9.17, 15) is 0 Å². The lowest BCUT2D eigenvalue weighted by atomic mass is 10.1. The fourth-order valence-corrected chi connectivity index (χ4v) is 2.52. The molecule has 0 aliphatic heterocycles. The van der Waals surface area contributed by atoms with E-state index in [1.165, 1.54) is 44.9 Å². The van der Waals surface area contributed by atoms with Crippen LogP contribution in [-0.2, 0) is 0 Å². The first-order chi connectivity index (χ1) is 8.75. The Morgan fingerprint density at radius 1 is 1.06 bits per heavy atom. The van der Waals surface area contributed by atoms with Gasteiger partial charge in [0.05, 0.1) is 9.50 Å². The third kappa shape index (κ3) is 6.10. The molecule has 1 rings (SSSR count). The van der Waals surface area contributed by atoms with Gasteiger partial charge in [-0.15, -0.1) is 0 Å². The molecule has 0 unspecified atom stereocenters. The van der Waals surface area contributed by atoms with Crippen molar-refractivity contribution in [2.45, 2.75) is 51.9 Å². The Kier molecular flexibility index (Phi) is 8.53. The quantitative estimate of drug-likeness (QED) is 0.526.